The summed E-state index contributed by atoms with van der Waals surface area (Å²) in [4.78, 5) is 2.40. The number of nitrogens with zero attached hydrogens (tertiary/aromatic N) is 1. The fraction of sp³-hybridized carbons (Fsp3) is 0.700. The highest BCUT2D eigenvalue weighted by atomic mass is 35.5. The van der Waals surface area contributed by atoms with Crippen LogP contribution in [0.3, 0.4) is 0 Å². The van der Waals surface area contributed by atoms with Gasteiger partial charge < -0.3 is 14.2 Å². The van der Waals surface area contributed by atoms with Crippen LogP contribution >= 0.6 is 11.6 Å². The van der Waals surface area contributed by atoms with E-state index in [2.05, 4.69) is 39.5 Å². The summed E-state index contributed by atoms with van der Waals surface area (Å²) in [5, 5.41) is 0.738. The Balaban J connectivity index is 1.70. The summed E-state index contributed by atoms with van der Waals surface area (Å²) < 4.78 is 17.4. The Labute approximate surface area is 157 Å². The van der Waals surface area contributed by atoms with Crippen LogP contribution in [0, 0.1) is 0 Å². The molecule has 1 aliphatic heterocycles. The van der Waals surface area contributed by atoms with Crippen LogP contribution in [0.15, 0.2) is 18.2 Å². The predicted molar refractivity (Wildman–Crippen MR) is 103 cm³/mol. The summed E-state index contributed by atoms with van der Waals surface area (Å²) in [5.74, 6) is 0.885. The van der Waals surface area contributed by atoms with Gasteiger partial charge >= 0.3 is 0 Å². The van der Waals surface area contributed by atoms with Crippen LogP contribution in [-0.4, -0.2) is 56.6 Å². The zero-order chi connectivity index (χ0) is 18.4. The van der Waals surface area contributed by atoms with E-state index in [0.29, 0.717) is 25.4 Å². The zero-order valence-electron chi connectivity index (χ0n) is 16.2. The van der Waals surface area contributed by atoms with Crippen molar-refractivity contribution < 1.29 is 14.2 Å². The Morgan fingerprint density at radius 2 is 1.80 bits per heavy atom. The highest BCUT2D eigenvalue weighted by Crippen LogP contribution is 2.33. The Bertz CT molecular complexity index is 534. The van der Waals surface area contributed by atoms with Crippen molar-refractivity contribution in [2.24, 2.45) is 0 Å². The molecular formula is C20H32ClNO3. The fourth-order valence-electron chi connectivity index (χ4n) is 3.19. The van der Waals surface area contributed by atoms with Gasteiger partial charge in [-0.3, -0.25) is 4.90 Å². The van der Waals surface area contributed by atoms with Crippen molar-refractivity contribution in [2.75, 3.05) is 39.5 Å². The molecule has 1 aromatic carbocycles. The number of halogens is 1. The third-order valence-corrected chi connectivity index (χ3v) is 4.52. The number of hydrogen-bond acceptors (Lipinski definition) is 4. The first kappa shape index (κ1) is 20.5. The van der Waals surface area contributed by atoms with Crippen LogP contribution in [0.25, 0.3) is 0 Å². The molecule has 0 amide bonds. The number of morpholine rings is 1. The first-order valence-electron chi connectivity index (χ1n) is 9.14. The largest absolute Gasteiger partial charge is 0.491 e. The first-order valence-corrected chi connectivity index (χ1v) is 9.52. The maximum Gasteiger partial charge on any atom is 0.123 e. The molecule has 4 nitrogen and oxygen atoms in total. The van der Waals surface area contributed by atoms with Gasteiger partial charge in [-0.15, -0.1) is 0 Å². The summed E-state index contributed by atoms with van der Waals surface area (Å²) in [6.07, 6.45) is 0.598. The molecule has 1 heterocycles. The van der Waals surface area contributed by atoms with E-state index in [1.165, 1.54) is 0 Å². The standard InChI is InChI=1S/C20H32ClNO3/c1-15-13-22(14-16(2)25-15)8-9-23-10-11-24-19-7-6-17(21)12-18(19)20(3,4)5/h6-7,12,15-16H,8-11,13-14H2,1-5H3/t15-,16-/m0/s1. The highest BCUT2D eigenvalue weighted by molar-refractivity contribution is 6.30. The number of benzene rings is 1. The molecule has 0 spiro atoms. The molecule has 0 N–H and O–H groups in total. The SMILES string of the molecule is C[C@H]1CN(CCOCCOc2ccc(Cl)cc2C(C)(C)C)C[C@H](C)O1. The van der Waals surface area contributed by atoms with Crippen molar-refractivity contribution in [3.63, 3.8) is 0 Å². The van der Waals surface area contributed by atoms with Crippen molar-refractivity contribution in [3.05, 3.63) is 28.8 Å². The Morgan fingerprint density at radius 1 is 1.12 bits per heavy atom. The van der Waals surface area contributed by atoms with E-state index < -0.39 is 0 Å². The van der Waals surface area contributed by atoms with Gasteiger partial charge in [0.25, 0.3) is 0 Å². The lowest BCUT2D eigenvalue weighted by Gasteiger charge is -2.35. The maximum atomic E-state index is 6.13. The molecule has 0 unspecified atom stereocenters. The van der Waals surface area contributed by atoms with Crippen molar-refractivity contribution in [2.45, 2.75) is 52.2 Å². The fourth-order valence-corrected chi connectivity index (χ4v) is 3.36. The van der Waals surface area contributed by atoms with E-state index in [0.717, 1.165) is 42.6 Å². The Hall–Kier alpha value is -0.810. The van der Waals surface area contributed by atoms with E-state index >= 15 is 0 Å². The van der Waals surface area contributed by atoms with Gasteiger partial charge in [0, 0.05) is 30.2 Å². The minimum absolute atomic E-state index is 0.00912. The molecule has 0 aliphatic carbocycles. The molecule has 25 heavy (non-hydrogen) atoms. The minimum atomic E-state index is -0.00912. The van der Waals surface area contributed by atoms with Crippen molar-refractivity contribution in [3.8, 4) is 5.75 Å². The Kier molecular flexibility index (Phi) is 7.56. The zero-order valence-corrected chi connectivity index (χ0v) is 16.9. The van der Waals surface area contributed by atoms with Crippen molar-refractivity contribution in [1.29, 1.82) is 0 Å². The van der Waals surface area contributed by atoms with Crippen LogP contribution in [0.5, 0.6) is 5.75 Å². The summed E-state index contributed by atoms with van der Waals surface area (Å²) in [7, 11) is 0. The van der Waals surface area contributed by atoms with Gasteiger partial charge in [0.1, 0.15) is 12.4 Å². The third kappa shape index (κ3) is 6.78. The first-order chi connectivity index (χ1) is 11.8. The molecule has 5 heteroatoms. The van der Waals surface area contributed by atoms with Gasteiger partial charge in [-0.25, -0.2) is 0 Å². The van der Waals surface area contributed by atoms with E-state index in [9.17, 15) is 0 Å². The smallest absolute Gasteiger partial charge is 0.123 e. The molecule has 0 bridgehead atoms. The van der Waals surface area contributed by atoms with Crippen molar-refractivity contribution in [1.82, 2.24) is 4.90 Å². The van der Waals surface area contributed by atoms with Crippen LogP contribution < -0.4 is 4.74 Å². The molecule has 1 aliphatic rings. The molecule has 2 atom stereocenters. The Morgan fingerprint density at radius 3 is 2.44 bits per heavy atom. The number of ether oxygens (including phenoxy) is 3. The average Bonchev–Trinajstić information content (AvgIpc) is 2.50. The van der Waals surface area contributed by atoms with Crippen LogP contribution in [0.1, 0.15) is 40.2 Å². The lowest BCUT2D eigenvalue weighted by atomic mass is 9.86. The van der Waals surface area contributed by atoms with Crippen LogP contribution in [0.2, 0.25) is 5.02 Å². The minimum Gasteiger partial charge on any atom is -0.491 e. The van der Waals surface area contributed by atoms with E-state index in [1.807, 2.05) is 18.2 Å². The molecule has 1 aromatic rings. The lowest BCUT2D eigenvalue weighted by molar-refractivity contribution is -0.0734. The van der Waals surface area contributed by atoms with Gasteiger partial charge in [0.2, 0.25) is 0 Å². The number of hydrogen-bond donors (Lipinski definition) is 0. The molecule has 1 fully saturated rings. The van der Waals surface area contributed by atoms with Gasteiger partial charge in [0.05, 0.1) is 25.4 Å². The van der Waals surface area contributed by atoms with Crippen LogP contribution in [-0.2, 0) is 14.9 Å². The molecule has 0 radical (unpaired) electrons. The summed E-state index contributed by atoms with van der Waals surface area (Å²) in [6, 6.07) is 5.80. The molecule has 1 saturated heterocycles. The van der Waals surface area contributed by atoms with Crippen molar-refractivity contribution >= 4 is 11.6 Å². The number of rotatable bonds is 7. The maximum absolute atomic E-state index is 6.13. The molecule has 0 aromatic heterocycles. The molecular weight excluding hydrogens is 338 g/mol. The monoisotopic (exact) mass is 369 g/mol. The van der Waals surface area contributed by atoms with Crippen LogP contribution in [0.4, 0.5) is 0 Å². The molecule has 2 rings (SSSR count). The van der Waals surface area contributed by atoms with Gasteiger partial charge in [0.15, 0.2) is 0 Å². The second-order valence-electron chi connectivity index (χ2n) is 7.87. The third-order valence-electron chi connectivity index (χ3n) is 4.28. The van der Waals surface area contributed by atoms with Gasteiger partial charge in [-0.1, -0.05) is 32.4 Å². The molecule has 0 saturated carbocycles. The molecule has 142 valence electrons. The van der Waals surface area contributed by atoms with E-state index in [4.69, 9.17) is 25.8 Å². The lowest BCUT2D eigenvalue weighted by Crippen LogP contribution is -2.46. The summed E-state index contributed by atoms with van der Waals surface area (Å²) >= 11 is 6.13. The average molecular weight is 370 g/mol. The van der Waals surface area contributed by atoms with Gasteiger partial charge in [-0.05, 0) is 37.5 Å². The quantitative estimate of drug-likeness (QED) is 0.676. The normalized spacial score (nSPS) is 22.2. The van der Waals surface area contributed by atoms with E-state index in [1.54, 1.807) is 0 Å². The highest BCUT2D eigenvalue weighted by Gasteiger charge is 2.22. The summed E-state index contributed by atoms with van der Waals surface area (Å²) in [5.41, 5.74) is 1.11. The van der Waals surface area contributed by atoms with E-state index in [-0.39, 0.29) is 5.41 Å². The summed E-state index contributed by atoms with van der Waals surface area (Å²) in [6.45, 7) is 15.5. The predicted octanol–water partition coefficient (Wildman–Crippen LogP) is 4.14. The second kappa shape index (κ2) is 9.22. The topological polar surface area (TPSA) is 30.9 Å². The van der Waals surface area contributed by atoms with Gasteiger partial charge in [-0.2, -0.15) is 0 Å². The second-order valence-corrected chi connectivity index (χ2v) is 8.30.